The second-order valence-electron chi connectivity index (χ2n) is 10.7. The van der Waals surface area contributed by atoms with E-state index in [1.165, 1.54) is 31.7 Å². The molecule has 4 heteroatoms. The number of benzene rings is 3. The van der Waals surface area contributed by atoms with Crippen molar-refractivity contribution < 1.29 is 0 Å². The van der Waals surface area contributed by atoms with Crippen LogP contribution >= 0.6 is 22.7 Å². The molecule has 0 amide bonds. The number of para-hydroxylation sites is 2. The van der Waals surface area contributed by atoms with Gasteiger partial charge in [0.05, 0.1) is 11.4 Å². The molecule has 2 nitrogen and oxygen atoms in total. The molecule has 0 saturated carbocycles. The fourth-order valence-electron chi connectivity index (χ4n) is 4.54. The number of rotatable bonds is 6. The highest BCUT2D eigenvalue weighted by atomic mass is 32.1. The van der Waals surface area contributed by atoms with Gasteiger partial charge in [0.25, 0.3) is 0 Å². The Morgan fingerprint density at radius 2 is 0.750 bits per heavy atom. The predicted octanol–water partition coefficient (Wildman–Crippen LogP) is 9.92. The monoisotopic (exact) mass is 514 g/mol. The van der Waals surface area contributed by atoms with Gasteiger partial charge in [0.15, 0.2) is 9.34 Å². The normalized spacial score (nSPS) is 13.2. The summed E-state index contributed by atoms with van der Waals surface area (Å²) in [5.74, 6) is 1.58. The lowest BCUT2D eigenvalue weighted by atomic mass is 9.93. The molecule has 0 radical (unpaired) electrons. The molecule has 0 aliphatic heterocycles. The molecule has 4 aromatic rings. The molecule has 0 N–H and O–H groups in total. The molecule has 3 aromatic carbocycles. The third kappa shape index (κ3) is 5.55. The lowest BCUT2D eigenvalue weighted by molar-refractivity contribution is 0.831. The summed E-state index contributed by atoms with van der Waals surface area (Å²) >= 11 is 3.49. The van der Waals surface area contributed by atoms with E-state index in [2.05, 4.69) is 116 Å². The van der Waals surface area contributed by atoms with Gasteiger partial charge in [-0.05, 0) is 58.1 Å². The van der Waals surface area contributed by atoms with Crippen molar-refractivity contribution in [2.24, 2.45) is 9.98 Å². The molecule has 188 valence electrons. The van der Waals surface area contributed by atoms with Crippen LogP contribution in [0.3, 0.4) is 0 Å². The van der Waals surface area contributed by atoms with Crippen molar-refractivity contribution in [2.75, 3.05) is 0 Å². The lowest BCUT2D eigenvalue weighted by Crippen LogP contribution is -2.20. The summed E-state index contributed by atoms with van der Waals surface area (Å²) in [6, 6.07) is 21.9. The highest BCUT2D eigenvalue weighted by Gasteiger charge is 2.15. The second kappa shape index (κ2) is 11.2. The first-order valence-electron chi connectivity index (χ1n) is 13.0. The van der Waals surface area contributed by atoms with Crippen molar-refractivity contribution in [3.05, 3.63) is 92.3 Å². The van der Waals surface area contributed by atoms with Gasteiger partial charge < -0.3 is 0 Å². The minimum absolute atomic E-state index is 0.395. The van der Waals surface area contributed by atoms with Crippen molar-refractivity contribution in [1.29, 1.82) is 0 Å². The molecule has 0 saturated heterocycles. The quantitative estimate of drug-likeness (QED) is 0.244. The summed E-state index contributed by atoms with van der Waals surface area (Å²) in [4.78, 5) is 10.8. The van der Waals surface area contributed by atoms with Crippen molar-refractivity contribution in [1.82, 2.24) is 0 Å². The molecule has 0 atom stereocenters. The highest BCUT2D eigenvalue weighted by molar-refractivity contribution is 7.25. The summed E-state index contributed by atoms with van der Waals surface area (Å²) in [5.41, 5.74) is 7.40. The van der Waals surface area contributed by atoms with Gasteiger partial charge in [0.2, 0.25) is 0 Å². The smallest absolute Gasteiger partial charge is 0.153 e. The largest absolute Gasteiger partial charge is 0.234 e. The first kappa shape index (κ1) is 26.5. The Bertz CT molecular complexity index is 1330. The minimum atomic E-state index is 0.395. The minimum Gasteiger partial charge on any atom is -0.234 e. The van der Waals surface area contributed by atoms with Gasteiger partial charge in [-0.2, -0.15) is 0 Å². The zero-order valence-electron chi connectivity index (χ0n) is 22.8. The Labute approximate surface area is 224 Å². The molecule has 0 aliphatic rings. The van der Waals surface area contributed by atoms with Crippen molar-refractivity contribution in [3.63, 3.8) is 0 Å². The molecule has 1 aromatic heterocycles. The van der Waals surface area contributed by atoms with Gasteiger partial charge in [-0.1, -0.05) is 104 Å². The molecule has 0 aliphatic carbocycles. The van der Waals surface area contributed by atoms with Crippen LogP contribution in [0.15, 0.2) is 70.6 Å². The summed E-state index contributed by atoms with van der Waals surface area (Å²) in [6.45, 7) is 18.0. The molecule has 0 spiro atoms. The van der Waals surface area contributed by atoms with Crippen LogP contribution in [0.5, 0.6) is 0 Å². The number of nitrogens with zero attached hydrogens (tertiary/aromatic N) is 2. The average Bonchev–Trinajstić information content (AvgIpc) is 2.84. The van der Waals surface area contributed by atoms with Gasteiger partial charge in [0, 0.05) is 9.40 Å². The lowest BCUT2D eigenvalue weighted by Gasteiger charge is -2.17. The maximum Gasteiger partial charge on any atom is 0.153 e. The van der Waals surface area contributed by atoms with Crippen LogP contribution in [0, 0.1) is 0 Å². The van der Waals surface area contributed by atoms with E-state index in [-0.39, 0.29) is 0 Å². The standard InChI is InChI=1S/C32H38N2S2/c1-19(2)23-13-11-14-24(20(3)4)29(23)33-31-32(36-28-18-10-9-17-27(28)35-31)34-30-25(21(5)6)15-12-16-26(30)22(7)8/h9-22H,1-8H3. The fourth-order valence-corrected chi connectivity index (χ4v) is 6.63. The number of fused-ring (bicyclic) bond motifs is 1. The third-order valence-electron chi connectivity index (χ3n) is 6.56. The Hall–Kier alpha value is -2.56. The number of hydrogen-bond acceptors (Lipinski definition) is 4. The second-order valence-corrected chi connectivity index (χ2v) is 12.7. The third-order valence-corrected chi connectivity index (χ3v) is 8.92. The van der Waals surface area contributed by atoms with Crippen molar-refractivity contribution in [3.8, 4) is 0 Å². The van der Waals surface area contributed by atoms with Gasteiger partial charge in [-0.15, -0.1) is 22.7 Å². The van der Waals surface area contributed by atoms with E-state index in [1.54, 1.807) is 22.7 Å². The number of hydrogen-bond donors (Lipinski definition) is 0. The molecular weight excluding hydrogens is 477 g/mol. The Morgan fingerprint density at radius 3 is 1.03 bits per heavy atom. The Balaban J connectivity index is 2.15. The maximum absolute atomic E-state index is 5.41. The van der Waals surface area contributed by atoms with Gasteiger partial charge in [-0.3, -0.25) is 0 Å². The van der Waals surface area contributed by atoms with E-state index in [1.807, 2.05) is 0 Å². The van der Waals surface area contributed by atoms with Crippen LogP contribution in [-0.4, -0.2) is 0 Å². The van der Waals surface area contributed by atoms with E-state index in [4.69, 9.17) is 9.98 Å². The zero-order valence-corrected chi connectivity index (χ0v) is 24.4. The maximum atomic E-state index is 5.41. The summed E-state index contributed by atoms with van der Waals surface area (Å²) in [7, 11) is 0. The fraction of sp³-hybridized carbons (Fsp3) is 0.375. The molecule has 36 heavy (non-hydrogen) atoms. The van der Waals surface area contributed by atoms with Gasteiger partial charge in [0.1, 0.15) is 0 Å². The van der Waals surface area contributed by atoms with E-state index < -0.39 is 0 Å². The predicted molar refractivity (Wildman–Crippen MR) is 159 cm³/mol. The van der Waals surface area contributed by atoms with Crippen LogP contribution in [0.2, 0.25) is 0 Å². The Kier molecular flexibility index (Phi) is 8.27. The molecule has 0 bridgehead atoms. The molecular formula is C32H38N2S2. The van der Waals surface area contributed by atoms with E-state index in [0.717, 1.165) is 20.7 Å². The molecule has 4 rings (SSSR count). The Morgan fingerprint density at radius 1 is 0.444 bits per heavy atom. The van der Waals surface area contributed by atoms with Gasteiger partial charge >= 0.3 is 0 Å². The molecule has 0 unspecified atom stereocenters. The van der Waals surface area contributed by atoms with Crippen LogP contribution in [0.25, 0.3) is 9.40 Å². The van der Waals surface area contributed by atoms with Gasteiger partial charge in [-0.25, -0.2) is 9.98 Å². The van der Waals surface area contributed by atoms with Crippen LogP contribution in [0.4, 0.5) is 11.4 Å². The zero-order chi connectivity index (χ0) is 26.0. The van der Waals surface area contributed by atoms with Crippen molar-refractivity contribution >= 4 is 43.4 Å². The molecule has 1 heterocycles. The first-order valence-corrected chi connectivity index (χ1v) is 14.7. The van der Waals surface area contributed by atoms with Crippen LogP contribution in [0.1, 0.15) is 101 Å². The van der Waals surface area contributed by atoms with Crippen molar-refractivity contribution in [2.45, 2.75) is 79.1 Å². The summed E-state index contributed by atoms with van der Waals surface area (Å²) in [5, 5.41) is 0. The topological polar surface area (TPSA) is 24.7 Å². The molecule has 0 fully saturated rings. The highest BCUT2D eigenvalue weighted by Crippen LogP contribution is 2.36. The summed E-state index contributed by atoms with van der Waals surface area (Å²) < 4.78 is 4.47. The van der Waals surface area contributed by atoms with E-state index >= 15 is 0 Å². The van der Waals surface area contributed by atoms with E-state index in [0.29, 0.717) is 23.7 Å². The van der Waals surface area contributed by atoms with Crippen LogP contribution in [-0.2, 0) is 0 Å². The average molecular weight is 515 g/mol. The van der Waals surface area contributed by atoms with Crippen LogP contribution < -0.4 is 9.34 Å². The summed E-state index contributed by atoms with van der Waals surface area (Å²) in [6.07, 6.45) is 0. The van der Waals surface area contributed by atoms with E-state index in [9.17, 15) is 0 Å². The SMILES string of the molecule is CC(C)c1cccc(C(C)C)c1N=c1sc2ccccc2sc1=Nc1c(C(C)C)cccc1C(C)C. The first-order chi connectivity index (χ1) is 17.2.